The fraction of sp³-hybridized carbons (Fsp3) is 0.0196. The van der Waals surface area contributed by atoms with Gasteiger partial charge >= 0.3 is 0 Å². The largest absolute Gasteiger partial charge is 0.0714 e. The summed E-state index contributed by atoms with van der Waals surface area (Å²) >= 11 is 0. The molecule has 1 aliphatic rings. The molecular weight excluding hydrogens is 613 g/mol. The minimum absolute atomic E-state index is 0.512. The minimum Gasteiger partial charge on any atom is -0.0622 e. The summed E-state index contributed by atoms with van der Waals surface area (Å²) in [6.45, 7) is 0. The lowest BCUT2D eigenvalue weighted by Gasteiger charge is -2.34. The second-order valence-electron chi connectivity index (χ2n) is 13.6. The van der Waals surface area contributed by atoms with Gasteiger partial charge in [-0.05, 0) is 107 Å². The van der Waals surface area contributed by atoms with Gasteiger partial charge in [0, 0.05) is 0 Å². The van der Waals surface area contributed by atoms with E-state index in [-0.39, 0.29) is 0 Å². The smallest absolute Gasteiger partial charge is 0.0622 e. The highest BCUT2D eigenvalue weighted by atomic mass is 14.5. The Labute approximate surface area is 298 Å². The second-order valence-corrected chi connectivity index (χ2v) is 13.6. The van der Waals surface area contributed by atoms with Crippen LogP contribution >= 0.6 is 0 Å². The Morgan fingerprint density at radius 3 is 1.45 bits per heavy atom. The molecule has 0 nitrogen and oxygen atoms in total. The number of fused-ring (bicyclic) bond motifs is 6. The normalized spacial score (nSPS) is 12.9. The zero-order chi connectivity index (χ0) is 33.8. The molecule has 0 unspecified atom stereocenters. The first-order valence-electron chi connectivity index (χ1n) is 17.8. The third kappa shape index (κ3) is 4.61. The van der Waals surface area contributed by atoms with Crippen molar-refractivity contribution in [3.63, 3.8) is 0 Å². The first-order chi connectivity index (χ1) is 25.3. The van der Waals surface area contributed by atoms with Crippen molar-refractivity contribution in [3.8, 4) is 44.5 Å². The minimum atomic E-state index is -0.512. The zero-order valence-corrected chi connectivity index (χ0v) is 28.1. The summed E-state index contributed by atoms with van der Waals surface area (Å²) in [5, 5.41) is 5.09. The molecule has 0 radical (unpaired) electrons. The molecule has 0 N–H and O–H groups in total. The quantitative estimate of drug-likeness (QED) is 0.175. The Morgan fingerprint density at radius 2 is 0.784 bits per heavy atom. The van der Waals surface area contributed by atoms with Crippen LogP contribution in [0.4, 0.5) is 0 Å². The second kappa shape index (κ2) is 11.8. The summed E-state index contributed by atoms with van der Waals surface area (Å²) in [6, 6.07) is 76.1. The average molecular weight is 647 g/mol. The molecule has 1 aliphatic carbocycles. The Morgan fingerprint density at radius 1 is 0.275 bits per heavy atom. The first-order valence-corrected chi connectivity index (χ1v) is 17.8. The highest BCUT2D eigenvalue weighted by molar-refractivity contribution is 6.10. The number of rotatable bonds is 5. The van der Waals surface area contributed by atoms with Crippen LogP contribution in [0.1, 0.15) is 22.3 Å². The van der Waals surface area contributed by atoms with E-state index in [1.165, 1.54) is 88.3 Å². The summed E-state index contributed by atoms with van der Waals surface area (Å²) in [4.78, 5) is 0. The summed E-state index contributed by atoms with van der Waals surface area (Å²) in [5.41, 5.74) is 14.7. The van der Waals surface area contributed by atoms with Crippen molar-refractivity contribution < 1.29 is 0 Å². The van der Waals surface area contributed by atoms with Crippen LogP contribution < -0.4 is 0 Å². The van der Waals surface area contributed by atoms with E-state index >= 15 is 0 Å². The molecule has 51 heavy (non-hydrogen) atoms. The zero-order valence-electron chi connectivity index (χ0n) is 28.1. The number of benzene rings is 9. The lowest BCUT2D eigenvalue weighted by molar-refractivity contribution is 0.769. The molecule has 238 valence electrons. The van der Waals surface area contributed by atoms with Crippen LogP contribution in [0.5, 0.6) is 0 Å². The summed E-state index contributed by atoms with van der Waals surface area (Å²) < 4.78 is 0. The standard InChI is InChI=1S/C51H34/c1-4-15-38(16-5-1)47-34-49-50(45-23-13-12-22-44(45)47)46-31-30-41(33-48(46)51(49,42-18-6-2-7-19-42)43-20-8-3-9-21-43)37-26-24-36(25-27-37)40-29-28-35-14-10-11-17-39(35)32-40/h1-34H. The maximum atomic E-state index is 2.49. The maximum Gasteiger partial charge on any atom is 0.0714 e. The van der Waals surface area contributed by atoms with Crippen molar-refractivity contribution in [1.29, 1.82) is 0 Å². The number of hydrogen-bond acceptors (Lipinski definition) is 0. The molecule has 0 amide bonds. The van der Waals surface area contributed by atoms with Crippen LogP contribution in [0, 0.1) is 0 Å². The number of hydrogen-bond donors (Lipinski definition) is 0. The third-order valence-corrected chi connectivity index (χ3v) is 10.9. The van der Waals surface area contributed by atoms with Crippen molar-refractivity contribution in [3.05, 3.63) is 229 Å². The van der Waals surface area contributed by atoms with E-state index in [9.17, 15) is 0 Å². The van der Waals surface area contributed by atoms with E-state index in [1.54, 1.807) is 0 Å². The molecule has 0 heteroatoms. The molecule has 0 aliphatic heterocycles. The summed E-state index contributed by atoms with van der Waals surface area (Å²) in [6.07, 6.45) is 0. The predicted octanol–water partition coefficient (Wildman–Crippen LogP) is 13.4. The highest BCUT2D eigenvalue weighted by Crippen LogP contribution is 2.59. The molecule has 0 saturated heterocycles. The van der Waals surface area contributed by atoms with E-state index in [0.29, 0.717) is 0 Å². The summed E-state index contributed by atoms with van der Waals surface area (Å²) in [5.74, 6) is 0. The fourth-order valence-corrected chi connectivity index (χ4v) is 8.60. The van der Waals surface area contributed by atoms with Crippen molar-refractivity contribution >= 4 is 21.5 Å². The van der Waals surface area contributed by atoms with Gasteiger partial charge in [-0.3, -0.25) is 0 Å². The van der Waals surface area contributed by atoms with Gasteiger partial charge in [-0.1, -0.05) is 188 Å². The molecule has 0 fully saturated rings. The monoisotopic (exact) mass is 646 g/mol. The third-order valence-electron chi connectivity index (χ3n) is 10.9. The molecule has 0 atom stereocenters. The van der Waals surface area contributed by atoms with Crippen LogP contribution in [-0.4, -0.2) is 0 Å². The van der Waals surface area contributed by atoms with Gasteiger partial charge in [0.2, 0.25) is 0 Å². The van der Waals surface area contributed by atoms with Crippen LogP contribution in [0.2, 0.25) is 0 Å². The Hall–Kier alpha value is -6.50. The van der Waals surface area contributed by atoms with Gasteiger partial charge in [0.25, 0.3) is 0 Å². The topological polar surface area (TPSA) is 0 Å². The maximum absolute atomic E-state index is 2.49. The van der Waals surface area contributed by atoms with Gasteiger partial charge in [-0.15, -0.1) is 0 Å². The van der Waals surface area contributed by atoms with E-state index in [2.05, 4.69) is 206 Å². The average Bonchev–Trinajstić information content (AvgIpc) is 3.52. The van der Waals surface area contributed by atoms with E-state index in [4.69, 9.17) is 0 Å². The van der Waals surface area contributed by atoms with Crippen LogP contribution in [0.3, 0.4) is 0 Å². The van der Waals surface area contributed by atoms with Crippen LogP contribution in [0.25, 0.3) is 66.1 Å². The van der Waals surface area contributed by atoms with Crippen molar-refractivity contribution in [1.82, 2.24) is 0 Å². The molecule has 0 aromatic heterocycles. The van der Waals surface area contributed by atoms with Gasteiger partial charge in [0.05, 0.1) is 5.41 Å². The lowest BCUT2D eigenvalue weighted by Crippen LogP contribution is -2.28. The Kier molecular flexibility index (Phi) is 6.82. The van der Waals surface area contributed by atoms with E-state index in [1.807, 2.05) is 0 Å². The van der Waals surface area contributed by atoms with Crippen LogP contribution in [-0.2, 0) is 5.41 Å². The van der Waals surface area contributed by atoms with Gasteiger partial charge in [0.1, 0.15) is 0 Å². The van der Waals surface area contributed by atoms with Gasteiger partial charge in [-0.25, -0.2) is 0 Å². The molecule has 0 spiro atoms. The predicted molar refractivity (Wildman–Crippen MR) is 215 cm³/mol. The molecule has 0 heterocycles. The van der Waals surface area contributed by atoms with Crippen molar-refractivity contribution in [2.24, 2.45) is 0 Å². The molecular formula is C51H34. The van der Waals surface area contributed by atoms with Gasteiger partial charge in [0.15, 0.2) is 0 Å². The highest BCUT2D eigenvalue weighted by Gasteiger charge is 2.47. The summed E-state index contributed by atoms with van der Waals surface area (Å²) in [7, 11) is 0. The molecule has 9 aromatic carbocycles. The Bertz CT molecular complexity index is 2660. The molecule has 9 aromatic rings. The van der Waals surface area contributed by atoms with Gasteiger partial charge in [-0.2, -0.15) is 0 Å². The van der Waals surface area contributed by atoms with Crippen molar-refractivity contribution in [2.45, 2.75) is 5.41 Å². The molecule has 0 saturated carbocycles. The Balaban J connectivity index is 1.22. The van der Waals surface area contributed by atoms with Crippen molar-refractivity contribution in [2.75, 3.05) is 0 Å². The van der Waals surface area contributed by atoms with Crippen LogP contribution in [0.15, 0.2) is 206 Å². The van der Waals surface area contributed by atoms with Gasteiger partial charge < -0.3 is 0 Å². The van der Waals surface area contributed by atoms with E-state index in [0.717, 1.165) is 0 Å². The molecule has 0 bridgehead atoms. The van der Waals surface area contributed by atoms with E-state index < -0.39 is 5.41 Å². The molecule has 10 rings (SSSR count). The lowest BCUT2D eigenvalue weighted by atomic mass is 9.67. The first kappa shape index (κ1) is 29.4. The SMILES string of the molecule is c1ccc(-c2cc3c(c4ccccc24)-c2ccc(-c4ccc(-c5ccc6ccccc6c5)cc4)cc2C3(c2ccccc2)c2ccccc2)cc1. The fourth-order valence-electron chi connectivity index (χ4n) is 8.60.